The smallest absolute Gasteiger partial charge is 0.422 e. The third-order valence-electron chi connectivity index (χ3n) is 4.51. The van der Waals surface area contributed by atoms with Crippen LogP contribution in [0.1, 0.15) is 43.4 Å². The van der Waals surface area contributed by atoms with Crippen molar-refractivity contribution in [1.29, 1.82) is 0 Å². The van der Waals surface area contributed by atoms with Crippen LogP contribution in [-0.2, 0) is 17.6 Å². The lowest BCUT2D eigenvalue weighted by molar-refractivity contribution is 0.0485. The number of carbonyl (C=O) groups is 1. The van der Waals surface area contributed by atoms with Gasteiger partial charge in [0.15, 0.2) is 0 Å². The largest absolute Gasteiger partial charge is 0.443 e. The molecule has 2 atom stereocenters. The molecule has 0 spiro atoms. The molecule has 5 heteroatoms. The molecule has 0 bridgehead atoms. The summed E-state index contributed by atoms with van der Waals surface area (Å²) >= 11 is 3.49. The molecule has 3 rings (SSSR count). The van der Waals surface area contributed by atoms with Gasteiger partial charge >= 0.3 is 6.09 Å². The molecular weight excluding hydrogens is 392 g/mol. The minimum absolute atomic E-state index is 0.128. The standard InChI is InChI=1S/C21H25BrN2O2/c1-21(2,3)26-20(25)24-23-19-13-15-6-4-5-7-17(15)18(19)12-14-8-10-16(22)11-9-14/h4-11,18-19,23H,12-13H2,1-3H3,(H,24,25). The number of ether oxygens (including phenoxy) is 1. The lowest BCUT2D eigenvalue weighted by Crippen LogP contribution is -2.48. The van der Waals surface area contributed by atoms with Gasteiger partial charge in [0, 0.05) is 16.4 Å². The van der Waals surface area contributed by atoms with Crippen LogP contribution in [0.3, 0.4) is 0 Å². The molecule has 2 aromatic rings. The maximum absolute atomic E-state index is 12.0. The van der Waals surface area contributed by atoms with Crippen molar-refractivity contribution in [2.24, 2.45) is 0 Å². The van der Waals surface area contributed by atoms with E-state index in [-0.39, 0.29) is 6.04 Å². The van der Waals surface area contributed by atoms with E-state index in [1.165, 1.54) is 16.7 Å². The van der Waals surface area contributed by atoms with Gasteiger partial charge in [-0.1, -0.05) is 52.3 Å². The zero-order valence-corrected chi connectivity index (χ0v) is 17.0. The van der Waals surface area contributed by atoms with Gasteiger partial charge in [-0.25, -0.2) is 10.2 Å². The number of amides is 1. The highest BCUT2D eigenvalue weighted by Gasteiger charge is 2.32. The summed E-state index contributed by atoms with van der Waals surface area (Å²) in [5.41, 5.74) is 9.36. The minimum Gasteiger partial charge on any atom is -0.443 e. The second-order valence-corrected chi connectivity index (χ2v) is 8.63. The molecule has 0 aromatic heterocycles. The number of carbonyl (C=O) groups excluding carboxylic acids is 1. The number of fused-ring (bicyclic) bond motifs is 1. The van der Waals surface area contributed by atoms with E-state index < -0.39 is 11.7 Å². The van der Waals surface area contributed by atoms with Crippen LogP contribution in [0, 0.1) is 0 Å². The van der Waals surface area contributed by atoms with Crippen LogP contribution in [0.4, 0.5) is 4.79 Å². The average molecular weight is 417 g/mol. The molecule has 4 nitrogen and oxygen atoms in total. The Bertz CT molecular complexity index is 768. The number of nitrogens with one attached hydrogen (secondary N) is 2. The zero-order chi connectivity index (χ0) is 18.7. The van der Waals surface area contributed by atoms with Gasteiger partial charge in [0.1, 0.15) is 5.60 Å². The molecule has 0 heterocycles. The fourth-order valence-corrected chi connectivity index (χ4v) is 3.68. The molecule has 2 aromatic carbocycles. The normalized spacial score (nSPS) is 19.1. The van der Waals surface area contributed by atoms with Gasteiger partial charge < -0.3 is 4.74 Å². The average Bonchev–Trinajstić information content (AvgIpc) is 2.91. The fourth-order valence-electron chi connectivity index (χ4n) is 3.41. The van der Waals surface area contributed by atoms with Crippen LogP contribution in [-0.4, -0.2) is 17.7 Å². The Labute approximate surface area is 163 Å². The van der Waals surface area contributed by atoms with Gasteiger partial charge in [0.05, 0.1) is 0 Å². The Hall–Kier alpha value is -1.85. The van der Waals surface area contributed by atoms with E-state index in [1.54, 1.807) is 0 Å². The molecule has 1 aliphatic carbocycles. The molecule has 26 heavy (non-hydrogen) atoms. The molecule has 2 N–H and O–H groups in total. The van der Waals surface area contributed by atoms with Gasteiger partial charge in [0.25, 0.3) is 0 Å². The monoisotopic (exact) mass is 416 g/mol. The fraction of sp³-hybridized carbons (Fsp3) is 0.381. The summed E-state index contributed by atoms with van der Waals surface area (Å²) in [5, 5.41) is 0. The summed E-state index contributed by atoms with van der Waals surface area (Å²) in [6.45, 7) is 5.57. The number of halogens is 1. The van der Waals surface area contributed by atoms with Crippen LogP contribution < -0.4 is 10.9 Å². The van der Waals surface area contributed by atoms with E-state index >= 15 is 0 Å². The van der Waals surface area contributed by atoms with Crippen LogP contribution in [0.25, 0.3) is 0 Å². The Balaban J connectivity index is 1.71. The van der Waals surface area contributed by atoms with E-state index in [0.29, 0.717) is 5.92 Å². The van der Waals surface area contributed by atoms with E-state index in [9.17, 15) is 4.79 Å². The second kappa shape index (κ2) is 7.80. The van der Waals surface area contributed by atoms with Crippen molar-refractivity contribution in [3.05, 3.63) is 69.7 Å². The summed E-state index contributed by atoms with van der Waals surface area (Å²) in [7, 11) is 0. The SMILES string of the molecule is CC(C)(C)OC(=O)NNC1Cc2ccccc2C1Cc1ccc(Br)cc1. The third kappa shape index (κ3) is 4.86. The van der Waals surface area contributed by atoms with E-state index in [0.717, 1.165) is 17.3 Å². The van der Waals surface area contributed by atoms with Crippen molar-refractivity contribution in [2.75, 3.05) is 0 Å². The van der Waals surface area contributed by atoms with E-state index in [2.05, 4.69) is 75.3 Å². The van der Waals surface area contributed by atoms with Gasteiger partial charge in [-0.2, -0.15) is 0 Å². The quantitative estimate of drug-likeness (QED) is 0.708. The van der Waals surface area contributed by atoms with Crippen molar-refractivity contribution in [1.82, 2.24) is 10.9 Å². The number of hydrogen-bond donors (Lipinski definition) is 2. The van der Waals surface area contributed by atoms with Crippen LogP contribution >= 0.6 is 15.9 Å². The molecular formula is C21H25BrN2O2. The molecule has 0 saturated carbocycles. The Morgan fingerprint density at radius 3 is 2.54 bits per heavy atom. The Kier molecular flexibility index (Phi) is 5.68. The number of benzene rings is 2. The van der Waals surface area contributed by atoms with Crippen LogP contribution in [0.15, 0.2) is 53.0 Å². The molecule has 1 amide bonds. The summed E-state index contributed by atoms with van der Waals surface area (Å²) in [6, 6.07) is 17.1. The molecule has 0 aliphatic heterocycles. The Morgan fingerprint density at radius 2 is 1.85 bits per heavy atom. The summed E-state index contributed by atoms with van der Waals surface area (Å²) in [4.78, 5) is 12.0. The molecule has 0 saturated heterocycles. The van der Waals surface area contributed by atoms with Crippen LogP contribution in [0.5, 0.6) is 0 Å². The van der Waals surface area contributed by atoms with Gasteiger partial charge in [-0.05, 0) is 62.4 Å². The van der Waals surface area contributed by atoms with Crippen molar-refractivity contribution >= 4 is 22.0 Å². The van der Waals surface area contributed by atoms with Gasteiger partial charge in [-0.15, -0.1) is 0 Å². The van der Waals surface area contributed by atoms with Crippen molar-refractivity contribution in [2.45, 2.75) is 51.2 Å². The highest BCUT2D eigenvalue weighted by molar-refractivity contribution is 9.10. The van der Waals surface area contributed by atoms with Crippen molar-refractivity contribution < 1.29 is 9.53 Å². The Morgan fingerprint density at radius 1 is 1.15 bits per heavy atom. The summed E-state index contributed by atoms with van der Waals surface area (Å²) in [6.07, 6.45) is 1.35. The summed E-state index contributed by atoms with van der Waals surface area (Å²) < 4.78 is 6.40. The first-order valence-electron chi connectivity index (χ1n) is 8.88. The first kappa shape index (κ1) is 18.9. The van der Waals surface area contributed by atoms with E-state index in [4.69, 9.17) is 4.74 Å². The summed E-state index contributed by atoms with van der Waals surface area (Å²) in [5.74, 6) is 0.294. The highest BCUT2D eigenvalue weighted by Crippen LogP contribution is 2.35. The maximum Gasteiger partial charge on any atom is 0.422 e. The number of rotatable bonds is 4. The number of hydrogen-bond acceptors (Lipinski definition) is 3. The van der Waals surface area contributed by atoms with Crippen molar-refractivity contribution in [3.63, 3.8) is 0 Å². The molecule has 1 aliphatic rings. The van der Waals surface area contributed by atoms with Gasteiger partial charge in [-0.3, -0.25) is 5.43 Å². The van der Waals surface area contributed by atoms with E-state index in [1.807, 2.05) is 20.8 Å². The first-order valence-corrected chi connectivity index (χ1v) is 9.68. The maximum atomic E-state index is 12.0. The van der Waals surface area contributed by atoms with Crippen LogP contribution in [0.2, 0.25) is 0 Å². The predicted molar refractivity (Wildman–Crippen MR) is 107 cm³/mol. The zero-order valence-electron chi connectivity index (χ0n) is 15.4. The number of hydrazine groups is 1. The second-order valence-electron chi connectivity index (χ2n) is 7.72. The highest BCUT2D eigenvalue weighted by atomic mass is 79.9. The van der Waals surface area contributed by atoms with Gasteiger partial charge in [0.2, 0.25) is 0 Å². The van der Waals surface area contributed by atoms with Crippen molar-refractivity contribution in [3.8, 4) is 0 Å². The molecule has 2 unspecified atom stereocenters. The molecule has 138 valence electrons. The topological polar surface area (TPSA) is 50.4 Å². The first-order chi connectivity index (χ1) is 12.3. The predicted octanol–water partition coefficient (Wildman–Crippen LogP) is 4.73. The lowest BCUT2D eigenvalue weighted by atomic mass is 9.91. The molecule has 0 radical (unpaired) electrons. The lowest BCUT2D eigenvalue weighted by Gasteiger charge is -2.24. The minimum atomic E-state index is -0.513. The third-order valence-corrected chi connectivity index (χ3v) is 5.04. The molecule has 0 fully saturated rings.